The predicted octanol–water partition coefficient (Wildman–Crippen LogP) is 1.86. The summed E-state index contributed by atoms with van der Waals surface area (Å²) < 4.78 is 0. The van der Waals surface area contributed by atoms with Crippen LogP contribution >= 0.6 is 0 Å². The molecule has 5 heteroatoms. The molecule has 0 saturated carbocycles. The van der Waals surface area contributed by atoms with Gasteiger partial charge >= 0.3 is 0 Å². The topological polar surface area (TPSA) is 54.2 Å². The number of nitrogens with zero attached hydrogens (tertiary/aromatic N) is 4. The van der Waals surface area contributed by atoms with Crippen LogP contribution in [0.2, 0.25) is 0 Å². The second kappa shape index (κ2) is 6.37. The van der Waals surface area contributed by atoms with Crippen LogP contribution < -0.4 is 0 Å². The molecule has 0 radical (unpaired) electrons. The van der Waals surface area contributed by atoms with Gasteiger partial charge in [0.2, 0.25) is 0 Å². The highest BCUT2D eigenvalue weighted by Crippen LogP contribution is 2.22. The van der Waals surface area contributed by atoms with Gasteiger partial charge in [-0.05, 0) is 37.8 Å². The molecular formula is C16H22N4O. The molecular weight excluding hydrogens is 264 g/mol. The molecule has 2 aromatic rings. The van der Waals surface area contributed by atoms with Gasteiger partial charge < -0.3 is 5.11 Å². The van der Waals surface area contributed by atoms with E-state index in [0.717, 1.165) is 37.3 Å². The van der Waals surface area contributed by atoms with Gasteiger partial charge in [-0.2, -0.15) is 15.0 Å². The van der Waals surface area contributed by atoms with Gasteiger partial charge in [0.05, 0.1) is 17.6 Å². The molecule has 1 aromatic carbocycles. The summed E-state index contributed by atoms with van der Waals surface area (Å²) in [6, 6.07) is 10.5. The van der Waals surface area contributed by atoms with Crippen molar-refractivity contribution in [2.75, 3.05) is 13.2 Å². The summed E-state index contributed by atoms with van der Waals surface area (Å²) in [6.07, 6.45) is 4.09. The van der Waals surface area contributed by atoms with Gasteiger partial charge in [-0.25, -0.2) is 0 Å². The highest BCUT2D eigenvalue weighted by Gasteiger charge is 2.25. The molecule has 0 bridgehead atoms. The van der Waals surface area contributed by atoms with Crippen molar-refractivity contribution >= 4 is 0 Å². The van der Waals surface area contributed by atoms with Crippen molar-refractivity contribution in [1.82, 2.24) is 19.9 Å². The maximum absolute atomic E-state index is 9.36. The van der Waals surface area contributed by atoms with Crippen LogP contribution in [0, 0.1) is 5.92 Å². The number of piperidine rings is 1. The third-order valence-electron chi connectivity index (χ3n) is 4.26. The minimum absolute atomic E-state index is 0.278. The number of rotatable bonds is 4. The first-order valence-corrected chi connectivity index (χ1v) is 7.58. The second-order valence-corrected chi connectivity index (χ2v) is 5.87. The van der Waals surface area contributed by atoms with E-state index in [1.54, 1.807) is 4.80 Å². The SMILES string of the molecule is CC1CCC(CO)CN1Cc1cnn(-c2ccccc2)n1. The average molecular weight is 286 g/mol. The number of para-hydroxylation sites is 1. The zero-order chi connectivity index (χ0) is 14.7. The summed E-state index contributed by atoms with van der Waals surface area (Å²) in [6.45, 7) is 4.26. The molecule has 1 aliphatic rings. The number of aliphatic hydroxyl groups is 1. The van der Waals surface area contributed by atoms with Crippen LogP contribution in [0.1, 0.15) is 25.5 Å². The first-order valence-electron chi connectivity index (χ1n) is 7.58. The molecule has 1 aromatic heterocycles. The molecule has 0 aliphatic carbocycles. The maximum Gasteiger partial charge on any atom is 0.0971 e. The van der Waals surface area contributed by atoms with E-state index in [0.29, 0.717) is 12.0 Å². The van der Waals surface area contributed by atoms with Gasteiger partial charge in [0.15, 0.2) is 0 Å². The number of hydrogen-bond acceptors (Lipinski definition) is 4. The number of aromatic nitrogens is 3. The lowest BCUT2D eigenvalue weighted by molar-refractivity contribution is 0.0761. The van der Waals surface area contributed by atoms with Crippen LogP contribution in [0.25, 0.3) is 5.69 Å². The van der Waals surface area contributed by atoms with Gasteiger partial charge in [0.25, 0.3) is 0 Å². The summed E-state index contributed by atoms with van der Waals surface area (Å²) >= 11 is 0. The first-order chi connectivity index (χ1) is 10.3. The molecule has 2 unspecified atom stereocenters. The molecule has 21 heavy (non-hydrogen) atoms. The van der Waals surface area contributed by atoms with Crippen molar-refractivity contribution in [3.8, 4) is 5.69 Å². The molecule has 2 atom stereocenters. The molecule has 0 spiro atoms. The molecule has 0 amide bonds. The van der Waals surface area contributed by atoms with Gasteiger partial charge in [-0.3, -0.25) is 4.90 Å². The fraction of sp³-hybridized carbons (Fsp3) is 0.500. The van der Waals surface area contributed by atoms with Crippen LogP contribution in [-0.4, -0.2) is 44.2 Å². The highest BCUT2D eigenvalue weighted by molar-refractivity contribution is 5.28. The van der Waals surface area contributed by atoms with Crippen LogP contribution in [0.3, 0.4) is 0 Å². The predicted molar refractivity (Wildman–Crippen MR) is 81.0 cm³/mol. The van der Waals surface area contributed by atoms with Crippen LogP contribution in [0.5, 0.6) is 0 Å². The van der Waals surface area contributed by atoms with E-state index in [2.05, 4.69) is 22.0 Å². The Kier molecular flexibility index (Phi) is 4.31. The van der Waals surface area contributed by atoms with Crippen molar-refractivity contribution in [2.45, 2.75) is 32.4 Å². The van der Waals surface area contributed by atoms with E-state index in [-0.39, 0.29) is 6.61 Å². The van der Waals surface area contributed by atoms with E-state index in [1.165, 1.54) is 0 Å². The third-order valence-corrected chi connectivity index (χ3v) is 4.26. The van der Waals surface area contributed by atoms with E-state index < -0.39 is 0 Å². The molecule has 2 heterocycles. The summed E-state index contributed by atoms with van der Waals surface area (Å²) in [5, 5.41) is 18.3. The van der Waals surface area contributed by atoms with Crippen LogP contribution in [0.4, 0.5) is 0 Å². The highest BCUT2D eigenvalue weighted by atomic mass is 16.3. The molecule has 5 nitrogen and oxygen atoms in total. The van der Waals surface area contributed by atoms with E-state index in [4.69, 9.17) is 0 Å². The van der Waals surface area contributed by atoms with Crippen molar-refractivity contribution in [3.05, 3.63) is 42.2 Å². The first kappa shape index (κ1) is 14.2. The minimum atomic E-state index is 0.278. The number of benzene rings is 1. The smallest absolute Gasteiger partial charge is 0.0971 e. The standard InChI is InChI=1S/C16H22N4O/c1-13-7-8-14(12-21)10-19(13)11-15-9-17-20(18-15)16-5-3-2-4-6-16/h2-6,9,13-14,21H,7-8,10-12H2,1H3. The lowest BCUT2D eigenvalue weighted by Gasteiger charge is -2.36. The van der Waals surface area contributed by atoms with Crippen LogP contribution in [0.15, 0.2) is 36.5 Å². The quantitative estimate of drug-likeness (QED) is 0.932. The lowest BCUT2D eigenvalue weighted by atomic mass is 9.94. The molecule has 1 fully saturated rings. The Morgan fingerprint density at radius 2 is 2.05 bits per heavy atom. The summed E-state index contributed by atoms with van der Waals surface area (Å²) in [5.41, 5.74) is 1.95. The fourth-order valence-corrected chi connectivity index (χ4v) is 2.89. The molecule has 1 saturated heterocycles. The second-order valence-electron chi connectivity index (χ2n) is 5.87. The lowest BCUT2D eigenvalue weighted by Crippen LogP contribution is -2.42. The average Bonchev–Trinajstić information content (AvgIpc) is 2.99. The van der Waals surface area contributed by atoms with Crippen molar-refractivity contribution in [3.63, 3.8) is 0 Å². The molecule has 3 rings (SSSR count). The summed E-state index contributed by atoms with van der Waals surface area (Å²) in [7, 11) is 0. The minimum Gasteiger partial charge on any atom is -0.396 e. The molecule has 1 N–H and O–H groups in total. The molecule has 1 aliphatic heterocycles. The Morgan fingerprint density at radius 3 is 2.81 bits per heavy atom. The Balaban J connectivity index is 1.69. The normalized spacial score (nSPS) is 23.3. The molecule has 112 valence electrons. The van der Waals surface area contributed by atoms with E-state index in [1.807, 2.05) is 36.5 Å². The Labute approximate surface area is 125 Å². The van der Waals surface area contributed by atoms with E-state index >= 15 is 0 Å². The Morgan fingerprint density at radius 1 is 1.24 bits per heavy atom. The number of likely N-dealkylation sites (tertiary alicyclic amines) is 1. The summed E-state index contributed by atoms with van der Waals surface area (Å²) in [4.78, 5) is 4.07. The summed E-state index contributed by atoms with van der Waals surface area (Å²) in [5.74, 6) is 0.394. The Hall–Kier alpha value is -1.72. The zero-order valence-electron chi connectivity index (χ0n) is 12.4. The Bertz CT molecular complexity index is 569. The number of aliphatic hydroxyl groups excluding tert-OH is 1. The van der Waals surface area contributed by atoms with Gasteiger partial charge in [0.1, 0.15) is 0 Å². The van der Waals surface area contributed by atoms with Gasteiger partial charge in [-0.1, -0.05) is 18.2 Å². The maximum atomic E-state index is 9.36. The number of hydrogen-bond donors (Lipinski definition) is 1. The largest absolute Gasteiger partial charge is 0.396 e. The van der Waals surface area contributed by atoms with Crippen molar-refractivity contribution in [2.24, 2.45) is 5.92 Å². The fourth-order valence-electron chi connectivity index (χ4n) is 2.89. The third kappa shape index (κ3) is 3.31. The van der Waals surface area contributed by atoms with Gasteiger partial charge in [0, 0.05) is 25.7 Å². The zero-order valence-corrected chi connectivity index (χ0v) is 12.4. The van der Waals surface area contributed by atoms with Crippen molar-refractivity contribution < 1.29 is 5.11 Å². The van der Waals surface area contributed by atoms with Crippen LogP contribution in [-0.2, 0) is 6.54 Å². The van der Waals surface area contributed by atoms with E-state index in [9.17, 15) is 5.11 Å². The van der Waals surface area contributed by atoms with Crippen molar-refractivity contribution in [1.29, 1.82) is 0 Å². The van der Waals surface area contributed by atoms with Gasteiger partial charge in [-0.15, -0.1) is 0 Å². The monoisotopic (exact) mass is 286 g/mol.